The third-order valence-corrected chi connectivity index (χ3v) is 11.5. The van der Waals surface area contributed by atoms with Crippen LogP contribution in [0.2, 0.25) is 10.6 Å². The van der Waals surface area contributed by atoms with E-state index in [0.29, 0.717) is 43.1 Å². The van der Waals surface area contributed by atoms with Gasteiger partial charge in [-0.1, -0.05) is 0 Å². The summed E-state index contributed by atoms with van der Waals surface area (Å²) in [5.41, 5.74) is 0. The molecule has 0 radical (unpaired) electrons. The molecule has 0 bridgehead atoms. The van der Waals surface area contributed by atoms with Crippen LogP contribution < -0.4 is 0 Å². The molecule has 0 atom stereocenters. The van der Waals surface area contributed by atoms with Crippen molar-refractivity contribution in [3.8, 4) is 0 Å². The standard InChI is InChI=1S/C10H16O2Se2Te/c11-3-5-13-7-9-1-2-10(15-9)8-14-6-4-12/h1-2,11-12H,3-8H2. The molecular formula is C10H16O2Se2Te. The number of hydrogen-bond donors (Lipinski definition) is 2. The maximum absolute atomic E-state index is 8.71. The summed E-state index contributed by atoms with van der Waals surface area (Å²) in [5.74, 6) is 0. The third kappa shape index (κ3) is 6.51. The van der Waals surface area contributed by atoms with Crippen LogP contribution in [-0.4, -0.2) is 73.8 Å². The fourth-order valence-electron chi connectivity index (χ4n) is 1.05. The Morgan fingerprint density at radius 1 is 0.933 bits per heavy atom. The van der Waals surface area contributed by atoms with E-state index in [1.165, 1.54) is 10.6 Å². The Hall–Kier alpha value is 1.23. The molecule has 5 heteroatoms. The van der Waals surface area contributed by atoms with Gasteiger partial charge in [0.2, 0.25) is 0 Å². The van der Waals surface area contributed by atoms with E-state index in [9.17, 15) is 0 Å². The second-order valence-corrected chi connectivity index (χ2v) is 11.1. The van der Waals surface area contributed by atoms with E-state index in [1.54, 1.807) is 7.16 Å². The maximum atomic E-state index is 8.71. The molecule has 1 heterocycles. The molecule has 0 aliphatic heterocycles. The summed E-state index contributed by atoms with van der Waals surface area (Å²) in [5, 5.41) is 21.9. The molecule has 0 aliphatic rings. The minimum atomic E-state index is -0.0147. The Balaban J connectivity index is 2.23. The van der Waals surface area contributed by atoms with E-state index >= 15 is 0 Å². The molecule has 1 rings (SSSR count). The van der Waals surface area contributed by atoms with Crippen LogP contribution in [0.5, 0.6) is 0 Å². The molecular weight excluding hydrogens is 438 g/mol. The van der Waals surface area contributed by atoms with Crippen LogP contribution in [0.3, 0.4) is 0 Å². The predicted octanol–water partition coefficient (Wildman–Crippen LogP) is -0.0268. The van der Waals surface area contributed by atoms with E-state index < -0.39 is 0 Å². The number of hydrogen-bond acceptors (Lipinski definition) is 2. The molecule has 1 aromatic heterocycles. The normalized spacial score (nSPS) is 10.8. The van der Waals surface area contributed by atoms with Gasteiger partial charge in [0, 0.05) is 0 Å². The molecule has 0 saturated heterocycles. The fourth-order valence-corrected chi connectivity index (χ4v) is 9.65. The van der Waals surface area contributed by atoms with E-state index in [2.05, 4.69) is 12.1 Å². The van der Waals surface area contributed by atoms with Crippen molar-refractivity contribution in [1.82, 2.24) is 0 Å². The van der Waals surface area contributed by atoms with E-state index in [1.807, 2.05) is 0 Å². The Bertz CT molecular complexity index is 241. The number of aliphatic hydroxyl groups excluding tert-OH is 2. The zero-order chi connectivity index (χ0) is 10.9. The van der Waals surface area contributed by atoms with Crippen molar-refractivity contribution in [2.75, 3.05) is 13.2 Å². The van der Waals surface area contributed by atoms with Crippen LogP contribution in [0.4, 0.5) is 0 Å². The molecule has 15 heavy (non-hydrogen) atoms. The minimum absolute atomic E-state index is 0.0147. The molecule has 0 unspecified atom stereocenters. The topological polar surface area (TPSA) is 40.5 Å². The zero-order valence-electron chi connectivity index (χ0n) is 8.52. The molecule has 1 aromatic rings. The van der Waals surface area contributed by atoms with Crippen LogP contribution in [0.15, 0.2) is 12.1 Å². The molecule has 0 spiro atoms. The summed E-state index contributed by atoms with van der Waals surface area (Å²) < 4.78 is 3.34. The number of rotatable bonds is 8. The summed E-state index contributed by atoms with van der Waals surface area (Å²) in [6.45, 7) is 0.710. The molecule has 2 nitrogen and oxygen atoms in total. The first-order valence-electron chi connectivity index (χ1n) is 4.81. The van der Waals surface area contributed by atoms with Gasteiger partial charge in [-0.05, 0) is 0 Å². The second-order valence-electron chi connectivity index (χ2n) is 2.92. The molecule has 0 aliphatic carbocycles. The van der Waals surface area contributed by atoms with Crippen molar-refractivity contribution >= 4 is 50.3 Å². The molecule has 0 fully saturated rings. The molecule has 2 N–H and O–H groups in total. The molecule has 0 aromatic carbocycles. The van der Waals surface area contributed by atoms with Crippen molar-refractivity contribution < 1.29 is 10.2 Å². The first kappa shape index (κ1) is 14.3. The van der Waals surface area contributed by atoms with Gasteiger partial charge in [-0.2, -0.15) is 0 Å². The molecule has 86 valence electrons. The second kappa shape index (κ2) is 9.28. The van der Waals surface area contributed by atoms with Crippen LogP contribution in [0.1, 0.15) is 7.16 Å². The first-order chi connectivity index (χ1) is 7.36. The van der Waals surface area contributed by atoms with Gasteiger partial charge in [0.15, 0.2) is 0 Å². The zero-order valence-corrected chi connectivity index (χ0v) is 14.3. The Morgan fingerprint density at radius 2 is 1.40 bits per heavy atom. The average Bonchev–Trinajstić information content (AvgIpc) is 2.67. The summed E-state index contributed by atoms with van der Waals surface area (Å²) in [6.07, 6.45) is 0. The van der Waals surface area contributed by atoms with E-state index in [4.69, 9.17) is 10.2 Å². The quantitative estimate of drug-likeness (QED) is 0.429. The van der Waals surface area contributed by atoms with Gasteiger partial charge < -0.3 is 0 Å². The number of aliphatic hydroxyl groups is 2. The monoisotopic (exact) mass is 458 g/mol. The van der Waals surface area contributed by atoms with Gasteiger partial charge >= 0.3 is 114 Å². The van der Waals surface area contributed by atoms with Crippen molar-refractivity contribution in [3.63, 3.8) is 0 Å². The van der Waals surface area contributed by atoms with Gasteiger partial charge in [-0.3, -0.25) is 0 Å². The third-order valence-electron chi connectivity index (χ3n) is 1.68. The Labute approximate surface area is 113 Å². The summed E-state index contributed by atoms with van der Waals surface area (Å²) in [7, 11) is 0. The van der Waals surface area contributed by atoms with Gasteiger partial charge in [0.05, 0.1) is 0 Å². The molecule has 0 saturated carbocycles. The van der Waals surface area contributed by atoms with Gasteiger partial charge in [0.25, 0.3) is 0 Å². The van der Waals surface area contributed by atoms with E-state index in [0.717, 1.165) is 10.6 Å². The van der Waals surface area contributed by atoms with Crippen LogP contribution in [0.25, 0.3) is 0 Å². The van der Waals surface area contributed by atoms with Crippen molar-refractivity contribution in [2.24, 2.45) is 0 Å². The summed E-state index contributed by atoms with van der Waals surface area (Å²) in [4.78, 5) is 0. The Kier molecular flexibility index (Phi) is 8.84. The van der Waals surface area contributed by atoms with Crippen molar-refractivity contribution in [1.29, 1.82) is 0 Å². The van der Waals surface area contributed by atoms with Gasteiger partial charge in [-0.25, -0.2) is 0 Å². The van der Waals surface area contributed by atoms with Crippen LogP contribution in [0, 0.1) is 0 Å². The summed E-state index contributed by atoms with van der Waals surface area (Å²) >= 11 is 1.22. The average molecular weight is 454 g/mol. The fraction of sp³-hybridized carbons (Fsp3) is 0.600. The van der Waals surface area contributed by atoms with Gasteiger partial charge in [-0.15, -0.1) is 0 Å². The Morgan fingerprint density at radius 3 is 1.80 bits per heavy atom. The summed E-state index contributed by atoms with van der Waals surface area (Å²) in [6, 6.07) is 4.62. The van der Waals surface area contributed by atoms with Crippen molar-refractivity contribution in [2.45, 2.75) is 21.3 Å². The predicted molar refractivity (Wildman–Crippen MR) is 66.1 cm³/mol. The van der Waals surface area contributed by atoms with Crippen LogP contribution in [-0.2, 0) is 10.6 Å². The van der Waals surface area contributed by atoms with E-state index in [-0.39, 0.29) is 20.4 Å². The van der Waals surface area contributed by atoms with Crippen LogP contribution >= 0.6 is 0 Å². The molecule has 0 amide bonds. The first-order valence-corrected chi connectivity index (χ1v) is 12.0. The SMILES string of the molecule is OCC[Se]Cc1ccc(C[Se]CCO)[te]1. The van der Waals surface area contributed by atoms with Crippen molar-refractivity contribution in [3.05, 3.63) is 19.3 Å². The van der Waals surface area contributed by atoms with Gasteiger partial charge in [0.1, 0.15) is 0 Å².